The molecule has 5 nitrogen and oxygen atoms in total. The minimum absolute atomic E-state index is 0.153. The second-order valence-electron chi connectivity index (χ2n) is 10.9. The summed E-state index contributed by atoms with van der Waals surface area (Å²) < 4.78 is 52.1. The van der Waals surface area contributed by atoms with E-state index in [0.29, 0.717) is 38.1 Å². The molecule has 4 rings (SSSR count). The third kappa shape index (κ3) is 9.10. The first kappa shape index (κ1) is 34.0. The lowest BCUT2D eigenvalue weighted by Gasteiger charge is -2.43. The second kappa shape index (κ2) is 15.9. The third-order valence-electron chi connectivity index (χ3n) is 7.88. The molecule has 0 aliphatic carbocycles. The van der Waals surface area contributed by atoms with Gasteiger partial charge >= 0.3 is 12.1 Å². The average molecular weight is 639 g/mol. The quantitative estimate of drug-likeness (QED) is 0.106. The van der Waals surface area contributed by atoms with Crippen molar-refractivity contribution >= 4 is 17.6 Å². The molecular formula is C36H38ClF3N2O3. The van der Waals surface area contributed by atoms with Crippen molar-refractivity contribution in [2.75, 3.05) is 33.4 Å². The Balaban J connectivity index is 1.55. The van der Waals surface area contributed by atoms with Gasteiger partial charge in [0.15, 0.2) is 0 Å². The number of hydrogen-bond acceptors (Lipinski definition) is 5. The van der Waals surface area contributed by atoms with E-state index in [1.165, 1.54) is 13.2 Å². The number of methoxy groups -OCH3 is 1. The molecule has 9 heteroatoms. The molecule has 1 N–H and O–H groups in total. The normalized spacial score (nSPS) is 11.9. The van der Waals surface area contributed by atoms with Crippen molar-refractivity contribution in [3.05, 3.63) is 136 Å². The molecule has 0 unspecified atom stereocenters. The molecule has 0 radical (unpaired) electrons. The van der Waals surface area contributed by atoms with Gasteiger partial charge in [0.1, 0.15) is 5.75 Å². The van der Waals surface area contributed by atoms with E-state index in [-0.39, 0.29) is 24.1 Å². The van der Waals surface area contributed by atoms with Crippen LogP contribution in [-0.4, -0.2) is 44.2 Å². The summed E-state index contributed by atoms with van der Waals surface area (Å²) in [5, 5.41) is 2.77. The van der Waals surface area contributed by atoms with Crippen LogP contribution in [0.1, 0.15) is 41.2 Å². The van der Waals surface area contributed by atoms with Crippen molar-refractivity contribution in [3.8, 4) is 5.75 Å². The van der Waals surface area contributed by atoms with Gasteiger partial charge in [0, 0.05) is 13.1 Å². The lowest BCUT2D eigenvalue weighted by molar-refractivity contribution is -0.139. The predicted molar refractivity (Wildman–Crippen MR) is 171 cm³/mol. The molecule has 4 aromatic carbocycles. The fourth-order valence-electron chi connectivity index (χ4n) is 5.38. The van der Waals surface area contributed by atoms with Crippen LogP contribution in [-0.2, 0) is 34.2 Å². The zero-order valence-electron chi connectivity index (χ0n) is 25.4. The molecule has 0 fully saturated rings. The first-order chi connectivity index (χ1) is 21.6. The molecule has 0 amide bonds. The molecule has 0 saturated carbocycles. The van der Waals surface area contributed by atoms with Crippen LogP contribution in [0.25, 0.3) is 0 Å². The molecule has 0 aromatic heterocycles. The number of carbonyl (C=O) groups is 1. The lowest BCUT2D eigenvalue weighted by atomic mass is 9.82. The summed E-state index contributed by atoms with van der Waals surface area (Å²) in [7, 11) is 1.36. The number of alkyl halides is 3. The standard InChI is InChI=1S/C36H38ClF3N2O3/c1-35(29-14-5-3-6-15-29,30-16-7-4-8-17-30)42(26-28-13-10-19-32(34(28)37)36(38,39)40)22-11-23-45-31-18-9-12-27(24-31)20-21-41-25-33(43)44-2/h3-10,12-19,24,41H,11,20-23,25-26H2,1-2H3. The summed E-state index contributed by atoms with van der Waals surface area (Å²) in [5.74, 6) is 0.411. The first-order valence-corrected chi connectivity index (χ1v) is 15.2. The zero-order chi connectivity index (χ0) is 32.3. The van der Waals surface area contributed by atoms with Crippen molar-refractivity contribution in [1.29, 1.82) is 0 Å². The third-order valence-corrected chi connectivity index (χ3v) is 8.32. The highest BCUT2D eigenvalue weighted by atomic mass is 35.5. The van der Waals surface area contributed by atoms with Crippen LogP contribution in [0.4, 0.5) is 13.2 Å². The van der Waals surface area contributed by atoms with Crippen LogP contribution in [0.5, 0.6) is 5.75 Å². The predicted octanol–water partition coefficient (Wildman–Crippen LogP) is 7.90. The molecule has 4 aromatic rings. The highest BCUT2D eigenvalue weighted by Crippen LogP contribution is 2.40. The molecule has 0 atom stereocenters. The van der Waals surface area contributed by atoms with E-state index in [0.717, 1.165) is 28.5 Å². The van der Waals surface area contributed by atoms with Crippen molar-refractivity contribution in [2.24, 2.45) is 0 Å². The number of ether oxygens (including phenoxy) is 2. The van der Waals surface area contributed by atoms with E-state index in [4.69, 9.17) is 16.3 Å². The summed E-state index contributed by atoms with van der Waals surface area (Å²) >= 11 is 6.41. The van der Waals surface area contributed by atoms with Gasteiger partial charge < -0.3 is 14.8 Å². The molecule has 0 saturated heterocycles. The van der Waals surface area contributed by atoms with Crippen molar-refractivity contribution in [1.82, 2.24) is 10.2 Å². The Bertz CT molecular complexity index is 1480. The number of benzene rings is 4. The van der Waals surface area contributed by atoms with Gasteiger partial charge in [-0.05, 0) is 66.8 Å². The Morgan fingerprint density at radius 2 is 1.53 bits per heavy atom. The van der Waals surface area contributed by atoms with Crippen molar-refractivity contribution in [2.45, 2.75) is 38.0 Å². The van der Waals surface area contributed by atoms with Gasteiger partial charge in [0.05, 0.1) is 36.4 Å². The van der Waals surface area contributed by atoms with E-state index in [2.05, 4.69) is 21.9 Å². The van der Waals surface area contributed by atoms with Gasteiger partial charge in [0.25, 0.3) is 0 Å². The maximum atomic E-state index is 13.8. The topological polar surface area (TPSA) is 50.8 Å². The fourth-order valence-corrected chi connectivity index (χ4v) is 5.67. The number of hydrogen-bond donors (Lipinski definition) is 1. The van der Waals surface area contributed by atoms with E-state index in [1.807, 2.05) is 84.9 Å². The molecule has 0 aliphatic rings. The maximum absolute atomic E-state index is 13.8. The largest absolute Gasteiger partial charge is 0.494 e. The molecular weight excluding hydrogens is 601 g/mol. The monoisotopic (exact) mass is 638 g/mol. The first-order valence-electron chi connectivity index (χ1n) is 14.8. The second-order valence-corrected chi connectivity index (χ2v) is 11.2. The van der Waals surface area contributed by atoms with Crippen LogP contribution in [0, 0.1) is 0 Å². The summed E-state index contributed by atoms with van der Waals surface area (Å²) in [5.41, 5.74) is 1.95. The number of rotatable bonds is 15. The molecule has 45 heavy (non-hydrogen) atoms. The van der Waals surface area contributed by atoms with Crippen LogP contribution in [0.15, 0.2) is 103 Å². The molecule has 0 bridgehead atoms. The van der Waals surface area contributed by atoms with Crippen LogP contribution in [0.3, 0.4) is 0 Å². The number of halogens is 4. The summed E-state index contributed by atoms with van der Waals surface area (Å²) in [4.78, 5) is 13.5. The van der Waals surface area contributed by atoms with Crippen LogP contribution >= 0.6 is 11.6 Å². The Morgan fingerprint density at radius 1 is 0.889 bits per heavy atom. The van der Waals surface area contributed by atoms with E-state index in [1.54, 1.807) is 6.07 Å². The number of nitrogens with one attached hydrogen (secondary N) is 1. The average Bonchev–Trinajstić information content (AvgIpc) is 3.05. The van der Waals surface area contributed by atoms with Gasteiger partial charge in [-0.15, -0.1) is 0 Å². The Hall–Kier alpha value is -3.85. The van der Waals surface area contributed by atoms with Gasteiger partial charge in [-0.3, -0.25) is 9.69 Å². The van der Waals surface area contributed by atoms with E-state index >= 15 is 0 Å². The molecule has 238 valence electrons. The van der Waals surface area contributed by atoms with Crippen molar-refractivity contribution < 1.29 is 27.4 Å². The van der Waals surface area contributed by atoms with Gasteiger partial charge in [-0.25, -0.2) is 0 Å². The minimum atomic E-state index is -4.56. The molecule has 0 spiro atoms. The van der Waals surface area contributed by atoms with Crippen molar-refractivity contribution in [3.63, 3.8) is 0 Å². The smallest absolute Gasteiger partial charge is 0.417 e. The lowest BCUT2D eigenvalue weighted by Crippen LogP contribution is -2.45. The Labute approximate surface area is 267 Å². The van der Waals surface area contributed by atoms with Crippen LogP contribution in [0.2, 0.25) is 5.02 Å². The Morgan fingerprint density at radius 3 is 2.16 bits per heavy atom. The SMILES string of the molecule is COC(=O)CNCCc1cccc(OCCCN(Cc2cccc(C(F)(F)F)c2Cl)C(C)(c2ccccc2)c2ccccc2)c1. The summed E-state index contributed by atoms with van der Waals surface area (Å²) in [6.07, 6.45) is -3.23. The molecule has 0 heterocycles. The maximum Gasteiger partial charge on any atom is 0.417 e. The van der Waals surface area contributed by atoms with E-state index in [9.17, 15) is 18.0 Å². The van der Waals surface area contributed by atoms with Gasteiger partial charge in [-0.2, -0.15) is 13.2 Å². The van der Waals surface area contributed by atoms with Gasteiger partial charge in [0.2, 0.25) is 0 Å². The minimum Gasteiger partial charge on any atom is -0.494 e. The van der Waals surface area contributed by atoms with Gasteiger partial charge in [-0.1, -0.05) is 96.5 Å². The highest BCUT2D eigenvalue weighted by Gasteiger charge is 2.37. The molecule has 0 aliphatic heterocycles. The Kier molecular flexibility index (Phi) is 12.0. The number of nitrogens with zero attached hydrogens (tertiary/aromatic N) is 1. The zero-order valence-corrected chi connectivity index (χ0v) is 26.2. The summed E-state index contributed by atoms with van der Waals surface area (Å²) in [6.45, 7) is 3.97. The number of esters is 1. The highest BCUT2D eigenvalue weighted by molar-refractivity contribution is 6.32. The van der Waals surface area contributed by atoms with E-state index < -0.39 is 17.3 Å². The fraction of sp³-hybridized carbons (Fsp3) is 0.306. The summed E-state index contributed by atoms with van der Waals surface area (Å²) in [6, 6.07) is 31.8. The number of carbonyl (C=O) groups excluding carboxylic acids is 1. The van der Waals surface area contributed by atoms with Crippen LogP contribution < -0.4 is 10.1 Å².